The second kappa shape index (κ2) is 4.96. The smallest absolute Gasteiger partial charge is 0.0650 e. The van der Waals surface area contributed by atoms with Gasteiger partial charge in [0.25, 0.3) is 0 Å². The van der Waals surface area contributed by atoms with Gasteiger partial charge in [0.2, 0.25) is 0 Å². The molecule has 2 nitrogen and oxygen atoms in total. The van der Waals surface area contributed by atoms with Crippen LogP contribution in [0.25, 0.3) is 0 Å². The molecular weight excluding hydrogens is 272 g/mol. The Balaban J connectivity index is 1.59. The van der Waals surface area contributed by atoms with Crippen LogP contribution in [0.4, 0.5) is 0 Å². The van der Waals surface area contributed by atoms with E-state index in [1.165, 1.54) is 44.9 Å². The van der Waals surface area contributed by atoms with Gasteiger partial charge in [0.05, 0.1) is 11.7 Å². The Morgan fingerprint density at radius 3 is 2.18 bits per heavy atom. The molecule has 0 radical (unpaired) electrons. The monoisotopic (exact) mass is 306 g/mol. The SMILES string of the molecule is CC(O)[C@H]1CC[C@H]2[C@@H]3CC[C@@H]4[C@H](CC[C@@]4(C)O)[C@H]3CC[C@]12C. The van der Waals surface area contributed by atoms with E-state index in [0.717, 1.165) is 30.1 Å². The summed E-state index contributed by atoms with van der Waals surface area (Å²) in [5, 5.41) is 20.9. The van der Waals surface area contributed by atoms with Crippen LogP contribution >= 0.6 is 0 Å². The molecule has 2 N–H and O–H groups in total. The number of hydrogen-bond acceptors (Lipinski definition) is 2. The lowest BCUT2D eigenvalue weighted by molar-refractivity contribution is -0.0880. The van der Waals surface area contributed by atoms with Crippen LogP contribution in [-0.4, -0.2) is 21.9 Å². The molecule has 0 amide bonds. The van der Waals surface area contributed by atoms with E-state index in [0.29, 0.717) is 17.3 Å². The van der Waals surface area contributed by atoms with E-state index in [1.807, 2.05) is 6.92 Å². The topological polar surface area (TPSA) is 40.5 Å². The molecule has 4 aliphatic carbocycles. The van der Waals surface area contributed by atoms with Gasteiger partial charge in [-0.25, -0.2) is 0 Å². The molecular formula is C20H34O2. The van der Waals surface area contributed by atoms with Crippen molar-refractivity contribution in [3.05, 3.63) is 0 Å². The average Bonchev–Trinajstić information content (AvgIpc) is 2.96. The third-order valence-electron chi connectivity index (χ3n) is 8.81. The van der Waals surface area contributed by atoms with E-state index >= 15 is 0 Å². The number of rotatable bonds is 1. The van der Waals surface area contributed by atoms with Crippen LogP contribution < -0.4 is 0 Å². The Morgan fingerprint density at radius 2 is 1.45 bits per heavy atom. The zero-order chi connectivity index (χ0) is 15.7. The highest BCUT2D eigenvalue weighted by atomic mass is 16.3. The Hall–Kier alpha value is -0.0800. The van der Waals surface area contributed by atoms with E-state index < -0.39 is 5.60 Å². The summed E-state index contributed by atoms with van der Waals surface area (Å²) >= 11 is 0. The fourth-order valence-corrected chi connectivity index (χ4v) is 7.81. The minimum absolute atomic E-state index is 0.143. The molecule has 126 valence electrons. The summed E-state index contributed by atoms with van der Waals surface area (Å²) in [4.78, 5) is 0. The lowest BCUT2D eigenvalue weighted by Gasteiger charge is -2.54. The second-order valence-electron chi connectivity index (χ2n) is 9.65. The average molecular weight is 306 g/mol. The first kappa shape index (κ1) is 15.4. The molecule has 0 aliphatic heterocycles. The molecule has 4 aliphatic rings. The van der Waals surface area contributed by atoms with Crippen LogP contribution in [0.3, 0.4) is 0 Å². The number of aliphatic hydroxyl groups is 2. The summed E-state index contributed by atoms with van der Waals surface area (Å²) in [6, 6.07) is 0. The molecule has 4 saturated carbocycles. The lowest BCUT2D eigenvalue weighted by atomic mass is 9.51. The maximum Gasteiger partial charge on any atom is 0.0650 e. The van der Waals surface area contributed by atoms with Gasteiger partial charge in [-0.1, -0.05) is 6.92 Å². The Morgan fingerprint density at radius 1 is 0.818 bits per heavy atom. The first-order chi connectivity index (χ1) is 10.3. The second-order valence-corrected chi connectivity index (χ2v) is 9.65. The van der Waals surface area contributed by atoms with Crippen molar-refractivity contribution in [2.45, 2.75) is 83.8 Å². The molecule has 0 aromatic heterocycles. The largest absolute Gasteiger partial charge is 0.393 e. The number of fused-ring (bicyclic) bond motifs is 5. The molecule has 4 rings (SSSR count). The highest BCUT2D eigenvalue weighted by Gasteiger charge is 2.59. The first-order valence-electron chi connectivity index (χ1n) is 9.75. The lowest BCUT2D eigenvalue weighted by Crippen LogP contribution is -2.49. The van der Waals surface area contributed by atoms with Gasteiger partial charge in [-0.15, -0.1) is 0 Å². The summed E-state index contributed by atoms with van der Waals surface area (Å²) in [6.45, 7) is 6.58. The standard InChI is InChI=1S/C20H34O2/c1-12(21)16-6-7-17-14-4-5-18-15(9-11-20(18,3)22)13(14)8-10-19(16,17)2/h12-18,21-22H,4-11H2,1-3H3/t12?,13-,14+,15+,16+,17-,18+,19+,20+/m0/s1. The summed E-state index contributed by atoms with van der Waals surface area (Å²) < 4.78 is 0. The molecule has 1 unspecified atom stereocenters. The van der Waals surface area contributed by atoms with Crippen molar-refractivity contribution in [2.75, 3.05) is 0 Å². The zero-order valence-electron chi connectivity index (χ0n) is 14.6. The minimum atomic E-state index is -0.395. The van der Waals surface area contributed by atoms with Crippen molar-refractivity contribution in [1.82, 2.24) is 0 Å². The maximum atomic E-state index is 10.7. The van der Waals surface area contributed by atoms with Crippen molar-refractivity contribution < 1.29 is 10.2 Å². The van der Waals surface area contributed by atoms with Crippen molar-refractivity contribution in [1.29, 1.82) is 0 Å². The van der Waals surface area contributed by atoms with Gasteiger partial charge in [-0.2, -0.15) is 0 Å². The van der Waals surface area contributed by atoms with Crippen molar-refractivity contribution in [3.8, 4) is 0 Å². The van der Waals surface area contributed by atoms with E-state index in [9.17, 15) is 10.2 Å². The molecule has 0 heterocycles. The van der Waals surface area contributed by atoms with Gasteiger partial charge < -0.3 is 10.2 Å². The predicted octanol–water partition coefficient (Wildman–Crippen LogP) is 4.00. The molecule has 0 aromatic rings. The molecule has 0 saturated heterocycles. The van der Waals surface area contributed by atoms with Gasteiger partial charge in [0.15, 0.2) is 0 Å². The number of aliphatic hydroxyl groups excluding tert-OH is 1. The minimum Gasteiger partial charge on any atom is -0.393 e. The normalized spacial score (nSPS) is 58.8. The highest BCUT2D eigenvalue weighted by molar-refractivity contribution is 5.09. The van der Waals surface area contributed by atoms with Crippen molar-refractivity contribution in [3.63, 3.8) is 0 Å². The van der Waals surface area contributed by atoms with E-state index in [4.69, 9.17) is 0 Å². The molecule has 0 spiro atoms. The molecule has 22 heavy (non-hydrogen) atoms. The van der Waals surface area contributed by atoms with Crippen LogP contribution in [0, 0.1) is 40.9 Å². The molecule has 9 atom stereocenters. The Bertz CT molecular complexity index is 443. The van der Waals surface area contributed by atoms with E-state index in [-0.39, 0.29) is 6.10 Å². The molecule has 2 heteroatoms. The highest BCUT2D eigenvalue weighted by Crippen LogP contribution is 2.65. The fraction of sp³-hybridized carbons (Fsp3) is 1.00. The quantitative estimate of drug-likeness (QED) is 0.769. The van der Waals surface area contributed by atoms with Gasteiger partial charge in [0.1, 0.15) is 0 Å². The van der Waals surface area contributed by atoms with Crippen LogP contribution in [0.1, 0.15) is 72.1 Å². The van der Waals surface area contributed by atoms with Crippen LogP contribution in [-0.2, 0) is 0 Å². The Labute approximate surface area is 135 Å². The molecule has 4 fully saturated rings. The van der Waals surface area contributed by atoms with Crippen molar-refractivity contribution in [2.24, 2.45) is 40.9 Å². The predicted molar refractivity (Wildman–Crippen MR) is 88.3 cm³/mol. The van der Waals surface area contributed by atoms with Gasteiger partial charge in [-0.05, 0) is 106 Å². The van der Waals surface area contributed by atoms with E-state index in [1.54, 1.807) is 0 Å². The summed E-state index contributed by atoms with van der Waals surface area (Å²) in [5.41, 5.74) is -0.0164. The summed E-state index contributed by atoms with van der Waals surface area (Å²) in [7, 11) is 0. The Kier molecular flexibility index (Phi) is 3.48. The fourth-order valence-electron chi connectivity index (χ4n) is 7.81. The van der Waals surface area contributed by atoms with Crippen LogP contribution in [0.5, 0.6) is 0 Å². The van der Waals surface area contributed by atoms with Gasteiger partial charge >= 0.3 is 0 Å². The first-order valence-corrected chi connectivity index (χ1v) is 9.75. The summed E-state index contributed by atoms with van der Waals surface area (Å²) in [5.74, 6) is 4.42. The van der Waals surface area contributed by atoms with Crippen LogP contribution in [0.15, 0.2) is 0 Å². The third kappa shape index (κ3) is 1.99. The number of hydrogen-bond donors (Lipinski definition) is 2. The van der Waals surface area contributed by atoms with Gasteiger partial charge in [0, 0.05) is 0 Å². The van der Waals surface area contributed by atoms with Gasteiger partial charge in [-0.3, -0.25) is 0 Å². The van der Waals surface area contributed by atoms with Crippen molar-refractivity contribution >= 4 is 0 Å². The molecule has 0 bridgehead atoms. The van der Waals surface area contributed by atoms with E-state index in [2.05, 4.69) is 13.8 Å². The summed E-state index contributed by atoms with van der Waals surface area (Å²) in [6.07, 6.45) is 9.91. The zero-order valence-corrected chi connectivity index (χ0v) is 14.6. The van der Waals surface area contributed by atoms with Crippen LogP contribution in [0.2, 0.25) is 0 Å². The maximum absolute atomic E-state index is 10.7. The molecule has 0 aromatic carbocycles. The third-order valence-corrected chi connectivity index (χ3v) is 8.81.